The van der Waals surface area contributed by atoms with E-state index in [1.807, 2.05) is 0 Å². The number of ether oxygens (including phenoxy) is 1. The molecule has 3 heteroatoms. The smallest absolute Gasteiger partial charge is 0.155 e. The summed E-state index contributed by atoms with van der Waals surface area (Å²) in [5, 5.41) is 9.14. The van der Waals surface area contributed by atoms with Gasteiger partial charge in [-0.05, 0) is 6.42 Å². The predicted molar refractivity (Wildman–Crippen MR) is 34.0 cm³/mol. The van der Waals surface area contributed by atoms with E-state index in [1.54, 1.807) is 0 Å². The molecule has 1 N–H and O–H groups in total. The van der Waals surface area contributed by atoms with Crippen LogP contribution in [-0.2, 0) is 4.74 Å². The van der Waals surface area contributed by atoms with Gasteiger partial charge in [-0.1, -0.05) is 0 Å². The summed E-state index contributed by atoms with van der Waals surface area (Å²) >= 11 is 4.18. The predicted octanol–water partition coefficient (Wildman–Crippen LogP) is 0.414. The third kappa shape index (κ3) is 1.65. The standard InChI is InChI=1S/C5H10O2S/c6-5-3-4(8)1-2-7-5/h4-6,8H,1-3H2. The maximum absolute atomic E-state index is 8.81. The van der Waals surface area contributed by atoms with Crippen LogP contribution in [0.15, 0.2) is 0 Å². The zero-order chi connectivity index (χ0) is 5.98. The van der Waals surface area contributed by atoms with Gasteiger partial charge in [-0.2, -0.15) is 12.6 Å². The van der Waals surface area contributed by atoms with E-state index in [4.69, 9.17) is 9.84 Å². The first-order chi connectivity index (χ1) is 3.79. The van der Waals surface area contributed by atoms with Crippen LogP contribution in [0.4, 0.5) is 0 Å². The minimum atomic E-state index is -0.564. The molecule has 2 atom stereocenters. The number of aliphatic hydroxyl groups excluding tert-OH is 1. The van der Waals surface area contributed by atoms with Gasteiger partial charge >= 0.3 is 0 Å². The Morgan fingerprint density at radius 2 is 2.38 bits per heavy atom. The van der Waals surface area contributed by atoms with Crippen molar-refractivity contribution in [2.45, 2.75) is 24.4 Å². The number of hydrogen-bond donors (Lipinski definition) is 2. The number of thiol groups is 1. The van der Waals surface area contributed by atoms with Crippen LogP contribution in [0.3, 0.4) is 0 Å². The van der Waals surface area contributed by atoms with Crippen LogP contribution in [-0.4, -0.2) is 23.3 Å². The van der Waals surface area contributed by atoms with Crippen molar-refractivity contribution in [1.82, 2.24) is 0 Å². The van der Waals surface area contributed by atoms with E-state index in [0.717, 1.165) is 6.42 Å². The second kappa shape index (κ2) is 2.71. The topological polar surface area (TPSA) is 29.5 Å². The average Bonchev–Trinajstić information content (AvgIpc) is 1.64. The Labute approximate surface area is 54.3 Å². The Kier molecular flexibility index (Phi) is 2.16. The molecule has 0 bridgehead atoms. The Morgan fingerprint density at radius 3 is 2.75 bits per heavy atom. The molecule has 1 heterocycles. The minimum absolute atomic E-state index is 0.332. The molecule has 1 fully saturated rings. The lowest BCUT2D eigenvalue weighted by Gasteiger charge is -2.21. The number of aliphatic hydroxyl groups is 1. The third-order valence-corrected chi connectivity index (χ3v) is 1.70. The van der Waals surface area contributed by atoms with Crippen LogP contribution < -0.4 is 0 Å². The SMILES string of the molecule is OC1CC(S)CCO1. The lowest BCUT2D eigenvalue weighted by Crippen LogP contribution is -2.25. The van der Waals surface area contributed by atoms with Gasteiger partial charge in [0, 0.05) is 11.7 Å². The minimum Gasteiger partial charge on any atom is -0.368 e. The summed E-state index contributed by atoms with van der Waals surface area (Å²) in [4.78, 5) is 0. The molecule has 0 radical (unpaired) electrons. The normalized spacial score (nSPS) is 39.8. The molecule has 1 saturated heterocycles. The van der Waals surface area contributed by atoms with E-state index >= 15 is 0 Å². The summed E-state index contributed by atoms with van der Waals surface area (Å²) in [6, 6.07) is 0. The Balaban J connectivity index is 2.23. The van der Waals surface area contributed by atoms with E-state index in [0.29, 0.717) is 18.3 Å². The van der Waals surface area contributed by atoms with E-state index in [1.165, 1.54) is 0 Å². The summed E-state index contributed by atoms with van der Waals surface area (Å²) in [6.07, 6.45) is 1.06. The van der Waals surface area contributed by atoms with Gasteiger partial charge in [-0.25, -0.2) is 0 Å². The van der Waals surface area contributed by atoms with E-state index in [9.17, 15) is 0 Å². The molecule has 2 unspecified atom stereocenters. The van der Waals surface area contributed by atoms with Crippen LogP contribution in [0.2, 0.25) is 0 Å². The van der Waals surface area contributed by atoms with Crippen LogP contribution in [0, 0.1) is 0 Å². The van der Waals surface area contributed by atoms with Crippen molar-refractivity contribution < 1.29 is 9.84 Å². The maximum Gasteiger partial charge on any atom is 0.155 e. The highest BCUT2D eigenvalue weighted by Crippen LogP contribution is 2.15. The Morgan fingerprint density at radius 1 is 1.62 bits per heavy atom. The molecule has 1 aliphatic heterocycles. The number of rotatable bonds is 0. The van der Waals surface area contributed by atoms with Gasteiger partial charge in [-0.15, -0.1) is 0 Å². The molecule has 0 spiro atoms. The maximum atomic E-state index is 8.81. The van der Waals surface area contributed by atoms with Crippen molar-refractivity contribution in [1.29, 1.82) is 0 Å². The lowest BCUT2D eigenvalue weighted by molar-refractivity contribution is -0.121. The van der Waals surface area contributed by atoms with Crippen molar-refractivity contribution in [3.05, 3.63) is 0 Å². The summed E-state index contributed by atoms with van der Waals surface area (Å²) < 4.78 is 4.85. The molecule has 0 saturated carbocycles. The Hall–Kier alpha value is 0.270. The molecule has 1 rings (SSSR count). The van der Waals surface area contributed by atoms with Crippen molar-refractivity contribution >= 4 is 12.6 Å². The van der Waals surface area contributed by atoms with Crippen LogP contribution in [0.5, 0.6) is 0 Å². The van der Waals surface area contributed by atoms with Crippen LogP contribution >= 0.6 is 12.6 Å². The average molecular weight is 134 g/mol. The van der Waals surface area contributed by atoms with Crippen LogP contribution in [0.25, 0.3) is 0 Å². The summed E-state index contributed by atoms with van der Waals surface area (Å²) in [5.41, 5.74) is 0. The molecule has 0 aliphatic carbocycles. The third-order valence-electron chi connectivity index (χ3n) is 1.24. The van der Waals surface area contributed by atoms with Gasteiger partial charge in [0.1, 0.15) is 0 Å². The number of hydrogen-bond acceptors (Lipinski definition) is 3. The highest BCUT2D eigenvalue weighted by molar-refractivity contribution is 7.80. The van der Waals surface area contributed by atoms with Gasteiger partial charge in [0.05, 0.1) is 6.61 Å². The van der Waals surface area contributed by atoms with Crippen molar-refractivity contribution in [3.8, 4) is 0 Å². The Bertz CT molecular complexity index is 68.8. The van der Waals surface area contributed by atoms with Crippen molar-refractivity contribution in [3.63, 3.8) is 0 Å². The fraction of sp³-hybridized carbons (Fsp3) is 1.00. The quantitative estimate of drug-likeness (QED) is 0.470. The molecule has 0 aromatic rings. The summed E-state index contributed by atoms with van der Waals surface area (Å²) in [7, 11) is 0. The van der Waals surface area contributed by atoms with Crippen molar-refractivity contribution in [2.24, 2.45) is 0 Å². The van der Waals surface area contributed by atoms with Gasteiger partial charge < -0.3 is 9.84 Å². The van der Waals surface area contributed by atoms with Gasteiger partial charge in [0.15, 0.2) is 6.29 Å². The molecule has 2 nitrogen and oxygen atoms in total. The fourth-order valence-electron chi connectivity index (χ4n) is 0.759. The van der Waals surface area contributed by atoms with E-state index in [-0.39, 0.29) is 0 Å². The summed E-state index contributed by atoms with van der Waals surface area (Å²) in [5.74, 6) is 0. The first kappa shape index (κ1) is 6.39. The fourth-order valence-corrected chi connectivity index (χ4v) is 1.04. The van der Waals surface area contributed by atoms with E-state index in [2.05, 4.69) is 12.6 Å². The second-order valence-corrected chi connectivity index (χ2v) is 2.73. The van der Waals surface area contributed by atoms with Crippen LogP contribution in [0.1, 0.15) is 12.8 Å². The molecular formula is C5H10O2S. The van der Waals surface area contributed by atoms with Crippen molar-refractivity contribution in [2.75, 3.05) is 6.61 Å². The molecule has 0 aromatic carbocycles. The molecule has 8 heavy (non-hydrogen) atoms. The summed E-state index contributed by atoms with van der Waals surface area (Å²) in [6.45, 7) is 0.648. The molecule has 0 amide bonds. The molecule has 0 aromatic heterocycles. The zero-order valence-corrected chi connectivity index (χ0v) is 5.47. The highest BCUT2D eigenvalue weighted by Gasteiger charge is 2.16. The monoisotopic (exact) mass is 134 g/mol. The molecule has 1 aliphatic rings. The molecular weight excluding hydrogens is 124 g/mol. The molecule has 48 valence electrons. The largest absolute Gasteiger partial charge is 0.368 e. The first-order valence-electron chi connectivity index (χ1n) is 2.77. The van der Waals surface area contributed by atoms with Gasteiger partial charge in [0.2, 0.25) is 0 Å². The van der Waals surface area contributed by atoms with Gasteiger partial charge in [-0.3, -0.25) is 0 Å². The van der Waals surface area contributed by atoms with E-state index < -0.39 is 6.29 Å². The second-order valence-electron chi connectivity index (χ2n) is 2.00. The first-order valence-corrected chi connectivity index (χ1v) is 3.28. The highest BCUT2D eigenvalue weighted by atomic mass is 32.1. The zero-order valence-electron chi connectivity index (χ0n) is 4.58. The van der Waals surface area contributed by atoms with Gasteiger partial charge in [0.25, 0.3) is 0 Å². The lowest BCUT2D eigenvalue weighted by atomic mass is 10.2.